The Morgan fingerprint density at radius 2 is 1.82 bits per heavy atom. The van der Waals surface area contributed by atoms with E-state index in [0.717, 1.165) is 11.1 Å². The van der Waals surface area contributed by atoms with Crippen molar-refractivity contribution in [3.05, 3.63) is 77.2 Å². The molecule has 0 spiro atoms. The number of primary amides is 2. The van der Waals surface area contributed by atoms with Crippen molar-refractivity contribution < 1.29 is 19.6 Å². The fourth-order valence-corrected chi connectivity index (χ4v) is 3.65. The van der Waals surface area contributed by atoms with E-state index in [1.165, 1.54) is 6.07 Å². The molecule has 7 N–H and O–H groups in total. The summed E-state index contributed by atoms with van der Waals surface area (Å²) in [6.07, 6.45) is 1.75. The molecule has 4 rings (SSSR count). The van der Waals surface area contributed by atoms with Gasteiger partial charge in [0.15, 0.2) is 5.82 Å². The van der Waals surface area contributed by atoms with E-state index in [-0.39, 0.29) is 11.5 Å². The minimum absolute atomic E-state index is 0.0202. The number of hydrogen-bond donors (Lipinski definition) is 5. The number of nitrogens with zero attached hydrogens (tertiary/aromatic N) is 3. The molecule has 4 aromatic rings. The number of nitrogens with one attached hydrogen (secondary N) is 1. The molecule has 0 bridgehead atoms. The summed E-state index contributed by atoms with van der Waals surface area (Å²) in [5.41, 5.74) is 14.5. The number of anilines is 1. The lowest BCUT2D eigenvalue weighted by Gasteiger charge is -2.11. The number of rotatable bonds is 7. The van der Waals surface area contributed by atoms with E-state index in [2.05, 4.69) is 15.3 Å². The molecule has 3 heterocycles. The van der Waals surface area contributed by atoms with Crippen LogP contribution < -0.4 is 22.2 Å². The Labute approximate surface area is 189 Å². The van der Waals surface area contributed by atoms with E-state index in [9.17, 15) is 19.6 Å². The second kappa shape index (κ2) is 8.73. The summed E-state index contributed by atoms with van der Waals surface area (Å²) < 4.78 is 1.66. The van der Waals surface area contributed by atoms with Crippen molar-refractivity contribution >= 4 is 35.7 Å². The second-order valence-electron chi connectivity index (χ2n) is 7.52. The van der Waals surface area contributed by atoms with Crippen molar-refractivity contribution in [1.82, 2.24) is 14.4 Å². The normalized spacial score (nSPS) is 10.9. The molecule has 0 aliphatic rings. The maximum atomic E-state index is 11.9. The third-order valence-corrected chi connectivity index (χ3v) is 5.18. The molecule has 0 saturated heterocycles. The zero-order chi connectivity index (χ0) is 23.7. The monoisotopic (exact) mass is 444 g/mol. The summed E-state index contributed by atoms with van der Waals surface area (Å²) in [5, 5.41) is 21.9. The van der Waals surface area contributed by atoms with Crippen molar-refractivity contribution in [3.63, 3.8) is 0 Å². The van der Waals surface area contributed by atoms with Crippen molar-refractivity contribution in [3.8, 4) is 11.4 Å². The molecule has 33 heavy (non-hydrogen) atoms. The SMILES string of the molecule is Cc1cn2c(C(N)=O)cccc2c1-c1nc(NCc2cccc(B(O)O)c2)cc(C(N)=O)n1. The highest BCUT2D eigenvalue weighted by Gasteiger charge is 2.19. The van der Waals surface area contributed by atoms with Gasteiger partial charge in [-0.2, -0.15) is 0 Å². The Morgan fingerprint density at radius 3 is 2.52 bits per heavy atom. The van der Waals surface area contributed by atoms with E-state index in [4.69, 9.17) is 11.5 Å². The lowest BCUT2D eigenvalue weighted by atomic mass is 9.80. The van der Waals surface area contributed by atoms with Gasteiger partial charge in [0.2, 0.25) is 0 Å². The van der Waals surface area contributed by atoms with Crippen LogP contribution in [0.2, 0.25) is 0 Å². The highest BCUT2D eigenvalue weighted by molar-refractivity contribution is 6.58. The number of carbonyl (C=O) groups is 2. The minimum Gasteiger partial charge on any atom is -0.423 e. The Kier molecular flexibility index (Phi) is 5.82. The predicted molar refractivity (Wildman–Crippen MR) is 124 cm³/mol. The first-order valence-electron chi connectivity index (χ1n) is 10.0. The molecule has 0 unspecified atom stereocenters. The van der Waals surface area contributed by atoms with Crippen LogP contribution in [0.4, 0.5) is 5.82 Å². The maximum absolute atomic E-state index is 11.9. The molecule has 1 aromatic carbocycles. The molecule has 0 radical (unpaired) electrons. The molecule has 0 saturated carbocycles. The van der Waals surface area contributed by atoms with Gasteiger partial charge in [0.25, 0.3) is 11.8 Å². The standard InChI is InChI=1S/C22H21BN6O4/c1-12-11-29-16(6-3-7-17(29)21(25)31)19(12)22-27-15(20(24)30)9-18(28-22)26-10-13-4-2-5-14(8-13)23(32)33/h2-9,11,32-33H,10H2,1H3,(H2,24,30)(H2,25,31)(H,26,27,28). The minimum atomic E-state index is -1.58. The van der Waals surface area contributed by atoms with Crippen LogP contribution in [0.3, 0.4) is 0 Å². The zero-order valence-corrected chi connectivity index (χ0v) is 17.7. The largest absolute Gasteiger partial charge is 0.488 e. The van der Waals surface area contributed by atoms with Gasteiger partial charge < -0.3 is 31.2 Å². The molecular formula is C22H21BN6O4. The van der Waals surface area contributed by atoms with Crippen molar-refractivity contribution in [2.24, 2.45) is 11.5 Å². The number of carbonyl (C=O) groups excluding carboxylic acids is 2. The molecule has 3 aromatic heterocycles. The van der Waals surface area contributed by atoms with Crippen molar-refractivity contribution in [2.75, 3.05) is 5.32 Å². The van der Waals surface area contributed by atoms with Crippen LogP contribution in [0.25, 0.3) is 16.9 Å². The fourth-order valence-electron chi connectivity index (χ4n) is 3.65. The van der Waals surface area contributed by atoms with Gasteiger partial charge in [0, 0.05) is 24.4 Å². The number of fused-ring (bicyclic) bond motifs is 1. The average Bonchev–Trinajstić information content (AvgIpc) is 3.13. The summed E-state index contributed by atoms with van der Waals surface area (Å²) in [6, 6.07) is 13.3. The zero-order valence-electron chi connectivity index (χ0n) is 17.7. The molecule has 0 aliphatic heterocycles. The Bertz CT molecular complexity index is 1380. The van der Waals surface area contributed by atoms with E-state index >= 15 is 0 Å². The summed E-state index contributed by atoms with van der Waals surface area (Å²) >= 11 is 0. The molecule has 10 nitrogen and oxygen atoms in total. The third kappa shape index (κ3) is 4.40. The van der Waals surface area contributed by atoms with Crippen molar-refractivity contribution in [2.45, 2.75) is 13.5 Å². The fraction of sp³-hybridized carbons (Fsp3) is 0.0909. The molecule has 2 amide bonds. The lowest BCUT2D eigenvalue weighted by molar-refractivity contribution is 0.0986. The van der Waals surface area contributed by atoms with Crippen LogP contribution in [-0.4, -0.2) is 43.3 Å². The first kappa shape index (κ1) is 22.0. The van der Waals surface area contributed by atoms with Gasteiger partial charge in [-0.15, -0.1) is 0 Å². The van der Waals surface area contributed by atoms with Crippen molar-refractivity contribution in [1.29, 1.82) is 0 Å². The van der Waals surface area contributed by atoms with E-state index < -0.39 is 18.9 Å². The van der Waals surface area contributed by atoms with E-state index in [0.29, 0.717) is 34.6 Å². The lowest BCUT2D eigenvalue weighted by Crippen LogP contribution is -2.30. The highest BCUT2D eigenvalue weighted by Crippen LogP contribution is 2.29. The van der Waals surface area contributed by atoms with Crippen LogP contribution in [0.5, 0.6) is 0 Å². The number of benzene rings is 1. The van der Waals surface area contributed by atoms with E-state index in [1.807, 2.05) is 13.0 Å². The van der Waals surface area contributed by atoms with Gasteiger partial charge in [-0.1, -0.05) is 30.3 Å². The number of aromatic nitrogens is 3. The summed E-state index contributed by atoms with van der Waals surface area (Å²) in [4.78, 5) is 32.7. The summed E-state index contributed by atoms with van der Waals surface area (Å²) in [6.45, 7) is 2.14. The van der Waals surface area contributed by atoms with Crippen LogP contribution in [-0.2, 0) is 6.54 Å². The number of aryl methyl sites for hydroxylation is 1. The quantitative estimate of drug-likeness (QED) is 0.254. The maximum Gasteiger partial charge on any atom is 0.488 e. The summed E-state index contributed by atoms with van der Waals surface area (Å²) in [7, 11) is -1.58. The first-order chi connectivity index (χ1) is 15.7. The third-order valence-electron chi connectivity index (χ3n) is 5.18. The Hall–Kier alpha value is -4.22. The van der Waals surface area contributed by atoms with Gasteiger partial charge in [-0.3, -0.25) is 9.59 Å². The van der Waals surface area contributed by atoms with Crippen LogP contribution in [0.1, 0.15) is 32.1 Å². The van der Waals surface area contributed by atoms with Crippen LogP contribution in [0.15, 0.2) is 54.7 Å². The Morgan fingerprint density at radius 1 is 1.06 bits per heavy atom. The van der Waals surface area contributed by atoms with E-state index in [1.54, 1.807) is 47.0 Å². The number of pyridine rings is 1. The van der Waals surface area contributed by atoms with Gasteiger partial charge in [-0.25, -0.2) is 9.97 Å². The number of nitrogens with two attached hydrogens (primary N) is 2. The van der Waals surface area contributed by atoms with Gasteiger partial charge in [0.1, 0.15) is 17.2 Å². The van der Waals surface area contributed by atoms with Crippen LogP contribution >= 0.6 is 0 Å². The Balaban J connectivity index is 1.76. The predicted octanol–water partition coefficient (Wildman–Crippen LogP) is 0.194. The molecular weight excluding hydrogens is 423 g/mol. The average molecular weight is 444 g/mol. The van der Waals surface area contributed by atoms with Gasteiger partial charge in [0.05, 0.1) is 5.52 Å². The molecule has 11 heteroatoms. The first-order valence-corrected chi connectivity index (χ1v) is 10.0. The molecule has 0 aliphatic carbocycles. The topological polar surface area (TPSA) is 169 Å². The van der Waals surface area contributed by atoms with Crippen LogP contribution in [0, 0.1) is 6.92 Å². The second-order valence-corrected chi connectivity index (χ2v) is 7.52. The number of amides is 2. The smallest absolute Gasteiger partial charge is 0.423 e. The number of hydrogen-bond acceptors (Lipinski definition) is 7. The molecule has 0 fully saturated rings. The highest BCUT2D eigenvalue weighted by atomic mass is 16.4. The molecule has 166 valence electrons. The summed E-state index contributed by atoms with van der Waals surface area (Å²) in [5.74, 6) is -0.680. The molecule has 0 atom stereocenters. The van der Waals surface area contributed by atoms with Gasteiger partial charge >= 0.3 is 7.12 Å². The van der Waals surface area contributed by atoms with Gasteiger partial charge in [-0.05, 0) is 35.6 Å².